The van der Waals surface area contributed by atoms with Crippen molar-refractivity contribution in [3.63, 3.8) is 0 Å². The standard InChI is InChI=1S/C18H23N3O2/c1-2-10-21(11-12-22)16-8-9-19-17(13-16)18(23)20-14-15-6-4-3-5-7-15/h3-9,13,22H,2,10-12,14H2,1H3,(H,20,23). The second-order valence-electron chi connectivity index (χ2n) is 5.28. The zero-order chi connectivity index (χ0) is 16.5. The molecule has 0 aliphatic rings. The molecule has 1 heterocycles. The molecule has 0 aliphatic carbocycles. The minimum Gasteiger partial charge on any atom is -0.395 e. The predicted octanol–water partition coefficient (Wildman–Crippen LogP) is 2.22. The third-order valence-electron chi connectivity index (χ3n) is 3.50. The molecule has 122 valence electrons. The summed E-state index contributed by atoms with van der Waals surface area (Å²) in [6.07, 6.45) is 2.60. The second-order valence-corrected chi connectivity index (χ2v) is 5.28. The van der Waals surface area contributed by atoms with E-state index in [9.17, 15) is 9.90 Å². The van der Waals surface area contributed by atoms with Gasteiger partial charge in [0.1, 0.15) is 5.69 Å². The molecule has 2 N–H and O–H groups in total. The van der Waals surface area contributed by atoms with Crippen LogP contribution in [0.4, 0.5) is 5.69 Å². The highest BCUT2D eigenvalue weighted by Crippen LogP contribution is 2.15. The molecule has 0 atom stereocenters. The van der Waals surface area contributed by atoms with Gasteiger partial charge in [0, 0.05) is 31.5 Å². The zero-order valence-electron chi connectivity index (χ0n) is 13.4. The number of aliphatic hydroxyl groups excluding tert-OH is 1. The molecule has 5 heteroatoms. The highest BCUT2D eigenvalue weighted by Gasteiger charge is 2.11. The number of aliphatic hydroxyl groups is 1. The van der Waals surface area contributed by atoms with Gasteiger partial charge in [0.2, 0.25) is 0 Å². The molecule has 0 spiro atoms. The lowest BCUT2D eigenvalue weighted by Gasteiger charge is -2.23. The van der Waals surface area contributed by atoms with Crippen LogP contribution in [0.15, 0.2) is 48.7 Å². The maximum absolute atomic E-state index is 12.3. The van der Waals surface area contributed by atoms with E-state index in [0.29, 0.717) is 18.8 Å². The molecule has 5 nitrogen and oxygen atoms in total. The molecule has 2 aromatic rings. The number of carbonyl (C=O) groups excluding carboxylic acids is 1. The average Bonchev–Trinajstić information content (AvgIpc) is 2.60. The molecule has 2 rings (SSSR count). The highest BCUT2D eigenvalue weighted by molar-refractivity contribution is 5.93. The van der Waals surface area contributed by atoms with E-state index in [1.165, 1.54) is 0 Å². The monoisotopic (exact) mass is 313 g/mol. The summed E-state index contributed by atoms with van der Waals surface area (Å²) in [4.78, 5) is 18.5. The van der Waals surface area contributed by atoms with Crippen LogP contribution in [0.3, 0.4) is 0 Å². The molecule has 0 saturated heterocycles. The Balaban J connectivity index is 2.04. The largest absolute Gasteiger partial charge is 0.395 e. The van der Waals surface area contributed by atoms with Crippen molar-refractivity contribution in [3.05, 3.63) is 59.9 Å². The van der Waals surface area contributed by atoms with Crippen molar-refractivity contribution in [1.29, 1.82) is 0 Å². The van der Waals surface area contributed by atoms with E-state index in [0.717, 1.165) is 24.2 Å². The zero-order valence-corrected chi connectivity index (χ0v) is 13.4. The average molecular weight is 313 g/mol. The molecule has 0 aliphatic heterocycles. The SMILES string of the molecule is CCCN(CCO)c1ccnc(C(=O)NCc2ccccc2)c1. The molecule has 1 aromatic heterocycles. The Kier molecular flexibility index (Phi) is 6.56. The van der Waals surface area contributed by atoms with Crippen LogP contribution in [-0.4, -0.2) is 35.7 Å². The number of hydrogen-bond donors (Lipinski definition) is 2. The number of pyridine rings is 1. The van der Waals surface area contributed by atoms with E-state index in [1.807, 2.05) is 36.4 Å². The fraction of sp³-hybridized carbons (Fsp3) is 0.333. The Morgan fingerprint density at radius 2 is 2.00 bits per heavy atom. The predicted molar refractivity (Wildman–Crippen MR) is 91.4 cm³/mol. The minimum absolute atomic E-state index is 0.0812. The van der Waals surface area contributed by atoms with Gasteiger partial charge < -0.3 is 15.3 Å². The van der Waals surface area contributed by atoms with Crippen molar-refractivity contribution in [1.82, 2.24) is 10.3 Å². The van der Waals surface area contributed by atoms with Crippen molar-refractivity contribution in [3.8, 4) is 0 Å². The summed E-state index contributed by atoms with van der Waals surface area (Å²) in [5.74, 6) is -0.198. The molecule has 0 unspecified atom stereocenters. The van der Waals surface area contributed by atoms with Crippen LogP contribution in [0.25, 0.3) is 0 Å². The number of carbonyl (C=O) groups is 1. The molecule has 23 heavy (non-hydrogen) atoms. The molecule has 0 bridgehead atoms. The molecule has 1 amide bonds. The van der Waals surface area contributed by atoms with Crippen molar-refractivity contribution >= 4 is 11.6 Å². The number of nitrogens with one attached hydrogen (secondary N) is 1. The summed E-state index contributed by atoms with van der Waals surface area (Å²) in [6.45, 7) is 4.01. The number of hydrogen-bond acceptors (Lipinski definition) is 4. The smallest absolute Gasteiger partial charge is 0.270 e. The Morgan fingerprint density at radius 3 is 2.70 bits per heavy atom. The van der Waals surface area contributed by atoms with Gasteiger partial charge in [-0.05, 0) is 24.1 Å². The lowest BCUT2D eigenvalue weighted by Crippen LogP contribution is -2.28. The highest BCUT2D eigenvalue weighted by atomic mass is 16.3. The molecular weight excluding hydrogens is 290 g/mol. The molecule has 1 aromatic carbocycles. The summed E-state index contributed by atoms with van der Waals surface area (Å²) in [6, 6.07) is 13.4. The Bertz CT molecular complexity index is 611. The molecular formula is C18H23N3O2. The van der Waals surface area contributed by atoms with Gasteiger partial charge in [-0.3, -0.25) is 9.78 Å². The van der Waals surface area contributed by atoms with Crippen molar-refractivity contribution < 1.29 is 9.90 Å². The number of rotatable bonds is 8. The van der Waals surface area contributed by atoms with Crippen LogP contribution in [-0.2, 0) is 6.54 Å². The van der Waals surface area contributed by atoms with E-state index in [4.69, 9.17) is 0 Å². The minimum atomic E-state index is -0.198. The van der Waals surface area contributed by atoms with Gasteiger partial charge in [0.05, 0.1) is 6.61 Å². The van der Waals surface area contributed by atoms with E-state index in [2.05, 4.69) is 22.1 Å². The Hall–Kier alpha value is -2.40. The number of aromatic nitrogens is 1. The quantitative estimate of drug-likeness (QED) is 0.784. The fourth-order valence-electron chi connectivity index (χ4n) is 2.37. The first-order valence-electron chi connectivity index (χ1n) is 7.88. The number of amides is 1. The first kappa shape index (κ1) is 17.0. The summed E-state index contributed by atoms with van der Waals surface area (Å²) in [5.41, 5.74) is 2.34. The van der Waals surface area contributed by atoms with Crippen LogP contribution in [0.2, 0.25) is 0 Å². The maximum atomic E-state index is 12.3. The number of nitrogens with zero attached hydrogens (tertiary/aromatic N) is 2. The van der Waals surface area contributed by atoms with Gasteiger partial charge in [-0.15, -0.1) is 0 Å². The van der Waals surface area contributed by atoms with Crippen LogP contribution >= 0.6 is 0 Å². The van der Waals surface area contributed by atoms with Gasteiger partial charge in [-0.1, -0.05) is 37.3 Å². The van der Waals surface area contributed by atoms with Gasteiger partial charge in [-0.2, -0.15) is 0 Å². The maximum Gasteiger partial charge on any atom is 0.270 e. The first-order valence-corrected chi connectivity index (χ1v) is 7.88. The van der Waals surface area contributed by atoms with Gasteiger partial charge in [-0.25, -0.2) is 0 Å². The van der Waals surface area contributed by atoms with Crippen molar-refractivity contribution in [2.75, 3.05) is 24.6 Å². The number of benzene rings is 1. The summed E-state index contributed by atoms with van der Waals surface area (Å²) < 4.78 is 0. The Labute approximate surface area is 137 Å². The van der Waals surface area contributed by atoms with Crippen molar-refractivity contribution in [2.24, 2.45) is 0 Å². The lowest BCUT2D eigenvalue weighted by atomic mass is 10.2. The summed E-state index contributed by atoms with van der Waals surface area (Å²) in [7, 11) is 0. The molecule has 0 saturated carbocycles. The van der Waals surface area contributed by atoms with Crippen LogP contribution in [0.1, 0.15) is 29.4 Å². The molecule has 0 radical (unpaired) electrons. The Morgan fingerprint density at radius 1 is 1.22 bits per heavy atom. The lowest BCUT2D eigenvalue weighted by molar-refractivity contribution is 0.0946. The first-order chi connectivity index (χ1) is 11.2. The van der Waals surface area contributed by atoms with Gasteiger partial charge in [0.15, 0.2) is 0 Å². The van der Waals surface area contributed by atoms with Gasteiger partial charge >= 0.3 is 0 Å². The van der Waals surface area contributed by atoms with E-state index in [-0.39, 0.29) is 12.5 Å². The topological polar surface area (TPSA) is 65.5 Å². The fourth-order valence-corrected chi connectivity index (χ4v) is 2.37. The van der Waals surface area contributed by atoms with E-state index < -0.39 is 0 Å². The van der Waals surface area contributed by atoms with Gasteiger partial charge in [0.25, 0.3) is 5.91 Å². The summed E-state index contributed by atoms with van der Waals surface area (Å²) >= 11 is 0. The summed E-state index contributed by atoms with van der Waals surface area (Å²) in [5, 5.41) is 12.1. The second kappa shape index (κ2) is 8.90. The van der Waals surface area contributed by atoms with Crippen LogP contribution < -0.4 is 10.2 Å². The van der Waals surface area contributed by atoms with E-state index >= 15 is 0 Å². The normalized spacial score (nSPS) is 10.3. The van der Waals surface area contributed by atoms with Crippen molar-refractivity contribution in [2.45, 2.75) is 19.9 Å². The van der Waals surface area contributed by atoms with Crippen LogP contribution in [0, 0.1) is 0 Å². The van der Waals surface area contributed by atoms with E-state index in [1.54, 1.807) is 12.3 Å². The molecule has 0 fully saturated rings. The third-order valence-corrected chi connectivity index (χ3v) is 3.50. The number of anilines is 1. The third kappa shape index (κ3) is 5.07. The van der Waals surface area contributed by atoms with Crippen LogP contribution in [0.5, 0.6) is 0 Å².